The second-order valence-electron chi connectivity index (χ2n) is 6.94. The van der Waals surface area contributed by atoms with Crippen molar-refractivity contribution in [2.45, 2.75) is 25.1 Å². The van der Waals surface area contributed by atoms with Crippen molar-refractivity contribution in [3.8, 4) is 0 Å². The van der Waals surface area contributed by atoms with E-state index in [0.717, 1.165) is 5.56 Å². The lowest BCUT2D eigenvalue weighted by Crippen LogP contribution is -2.45. The Morgan fingerprint density at radius 2 is 2.07 bits per heavy atom. The van der Waals surface area contributed by atoms with Crippen molar-refractivity contribution in [2.24, 2.45) is 7.05 Å². The third-order valence-corrected chi connectivity index (χ3v) is 5.35. The van der Waals surface area contributed by atoms with Gasteiger partial charge in [-0.15, -0.1) is 0 Å². The summed E-state index contributed by atoms with van der Waals surface area (Å²) in [4.78, 5) is 29.1. The number of ether oxygens (including phenoxy) is 1. The van der Waals surface area contributed by atoms with E-state index in [-0.39, 0.29) is 29.7 Å². The summed E-state index contributed by atoms with van der Waals surface area (Å²) >= 11 is 6.13. The highest BCUT2D eigenvalue weighted by molar-refractivity contribution is 6.33. The van der Waals surface area contributed by atoms with Crippen LogP contribution < -0.4 is 0 Å². The molecule has 1 aromatic carbocycles. The molecule has 27 heavy (non-hydrogen) atoms. The third kappa shape index (κ3) is 3.57. The lowest BCUT2D eigenvalue weighted by molar-refractivity contribution is -0.133. The number of hydrogen-bond donors (Lipinski definition) is 0. The maximum absolute atomic E-state index is 12.9. The highest BCUT2D eigenvalue weighted by Gasteiger charge is 2.43. The maximum atomic E-state index is 12.9. The molecule has 2 saturated heterocycles. The first kappa shape index (κ1) is 18.0. The standard InChI is InChI=1S/C19H21ClN4O3/c1-22-10-14(20)18(21-22)19(26)23-11-15-16(12-23)27-8-7-17(25)24(15)9-13-5-3-2-4-6-13/h2-6,10,15-16H,7-9,11-12H2,1H3/t15-,16-/m0/s1. The van der Waals surface area contributed by atoms with Crippen LogP contribution in [0.1, 0.15) is 22.5 Å². The van der Waals surface area contributed by atoms with Gasteiger partial charge >= 0.3 is 0 Å². The van der Waals surface area contributed by atoms with Crippen LogP contribution in [0.5, 0.6) is 0 Å². The van der Waals surface area contributed by atoms with Gasteiger partial charge in [0.1, 0.15) is 0 Å². The molecular formula is C19H21ClN4O3. The summed E-state index contributed by atoms with van der Waals surface area (Å²) in [7, 11) is 1.72. The third-order valence-electron chi connectivity index (χ3n) is 5.08. The number of amides is 2. The number of aromatic nitrogens is 2. The average molecular weight is 389 g/mol. The molecule has 0 aliphatic carbocycles. The predicted molar refractivity (Wildman–Crippen MR) is 99.3 cm³/mol. The van der Waals surface area contributed by atoms with E-state index in [9.17, 15) is 9.59 Å². The minimum Gasteiger partial charge on any atom is -0.374 e. The summed E-state index contributed by atoms with van der Waals surface area (Å²) in [6.45, 7) is 1.72. The van der Waals surface area contributed by atoms with Gasteiger partial charge in [-0.25, -0.2) is 0 Å². The quantitative estimate of drug-likeness (QED) is 0.802. The Labute approximate surface area is 162 Å². The fraction of sp³-hybridized carbons (Fsp3) is 0.421. The summed E-state index contributed by atoms with van der Waals surface area (Å²) < 4.78 is 7.42. The van der Waals surface area contributed by atoms with Gasteiger partial charge in [0.15, 0.2) is 5.69 Å². The summed E-state index contributed by atoms with van der Waals surface area (Å²) in [6.07, 6.45) is 1.76. The lowest BCUT2D eigenvalue weighted by Gasteiger charge is -2.29. The number of likely N-dealkylation sites (tertiary alicyclic amines) is 1. The van der Waals surface area contributed by atoms with Crippen LogP contribution in [-0.4, -0.2) is 63.2 Å². The number of carbonyl (C=O) groups is 2. The Hall–Kier alpha value is -2.38. The molecule has 0 N–H and O–H groups in total. The Morgan fingerprint density at radius 1 is 1.30 bits per heavy atom. The van der Waals surface area contributed by atoms with Crippen molar-refractivity contribution in [3.05, 3.63) is 52.8 Å². The zero-order valence-electron chi connectivity index (χ0n) is 15.0. The first-order chi connectivity index (χ1) is 13.0. The van der Waals surface area contributed by atoms with Crippen LogP contribution in [0, 0.1) is 0 Å². The first-order valence-corrected chi connectivity index (χ1v) is 9.34. The van der Waals surface area contributed by atoms with Crippen molar-refractivity contribution >= 4 is 23.4 Å². The Balaban J connectivity index is 1.56. The molecule has 2 atom stereocenters. The van der Waals surface area contributed by atoms with Crippen LogP contribution >= 0.6 is 11.6 Å². The van der Waals surface area contributed by atoms with E-state index in [1.807, 2.05) is 35.2 Å². The van der Waals surface area contributed by atoms with Gasteiger partial charge in [0.05, 0.1) is 30.2 Å². The molecule has 2 amide bonds. The molecule has 0 unspecified atom stereocenters. The molecule has 142 valence electrons. The molecule has 0 radical (unpaired) electrons. The molecule has 1 aromatic heterocycles. The van der Waals surface area contributed by atoms with Crippen molar-refractivity contribution in [1.29, 1.82) is 0 Å². The van der Waals surface area contributed by atoms with Gasteiger partial charge in [-0.3, -0.25) is 14.3 Å². The van der Waals surface area contributed by atoms with E-state index in [1.165, 1.54) is 4.68 Å². The van der Waals surface area contributed by atoms with Crippen molar-refractivity contribution < 1.29 is 14.3 Å². The molecule has 8 heteroatoms. The van der Waals surface area contributed by atoms with Crippen LogP contribution in [0.25, 0.3) is 0 Å². The molecule has 0 saturated carbocycles. The number of nitrogens with zero attached hydrogens (tertiary/aromatic N) is 4. The van der Waals surface area contributed by atoms with Gasteiger partial charge in [0, 0.05) is 32.9 Å². The van der Waals surface area contributed by atoms with Crippen LogP contribution in [0.15, 0.2) is 36.5 Å². The van der Waals surface area contributed by atoms with Crippen molar-refractivity contribution in [1.82, 2.24) is 19.6 Å². The minimum atomic E-state index is -0.232. The average Bonchev–Trinajstić information content (AvgIpc) is 3.19. The number of aryl methyl sites for hydroxylation is 1. The smallest absolute Gasteiger partial charge is 0.276 e. The number of halogens is 1. The molecule has 4 rings (SSSR count). The fourth-order valence-corrected chi connectivity index (χ4v) is 4.01. The van der Waals surface area contributed by atoms with E-state index < -0.39 is 0 Å². The second-order valence-corrected chi connectivity index (χ2v) is 7.35. The van der Waals surface area contributed by atoms with Crippen LogP contribution in [-0.2, 0) is 23.1 Å². The van der Waals surface area contributed by atoms with Gasteiger partial charge in [0.25, 0.3) is 5.91 Å². The van der Waals surface area contributed by atoms with Crippen LogP contribution in [0.2, 0.25) is 5.02 Å². The summed E-state index contributed by atoms with van der Waals surface area (Å²) in [5.41, 5.74) is 1.29. The topological polar surface area (TPSA) is 67.7 Å². The van der Waals surface area contributed by atoms with Gasteiger partial charge in [-0.05, 0) is 5.56 Å². The molecule has 7 nitrogen and oxygen atoms in total. The van der Waals surface area contributed by atoms with Crippen molar-refractivity contribution in [3.63, 3.8) is 0 Å². The summed E-state index contributed by atoms with van der Waals surface area (Å²) in [6, 6.07) is 9.69. The van der Waals surface area contributed by atoms with E-state index in [0.29, 0.717) is 37.7 Å². The zero-order valence-corrected chi connectivity index (χ0v) is 15.8. The summed E-state index contributed by atoms with van der Waals surface area (Å²) in [5, 5.41) is 4.49. The minimum absolute atomic E-state index is 0.0523. The number of fused-ring (bicyclic) bond motifs is 1. The molecule has 2 aromatic rings. The maximum Gasteiger partial charge on any atom is 0.276 e. The van der Waals surface area contributed by atoms with Crippen LogP contribution in [0.3, 0.4) is 0 Å². The fourth-order valence-electron chi connectivity index (χ4n) is 3.75. The summed E-state index contributed by atoms with van der Waals surface area (Å²) in [5.74, 6) is -0.180. The highest BCUT2D eigenvalue weighted by Crippen LogP contribution is 2.27. The van der Waals surface area contributed by atoms with E-state index >= 15 is 0 Å². The van der Waals surface area contributed by atoms with E-state index in [4.69, 9.17) is 16.3 Å². The monoisotopic (exact) mass is 388 g/mol. The molecule has 2 fully saturated rings. The zero-order chi connectivity index (χ0) is 19.0. The second kappa shape index (κ2) is 7.32. The van der Waals surface area contributed by atoms with Gasteiger partial charge in [-0.2, -0.15) is 5.10 Å². The molecule has 3 heterocycles. The Morgan fingerprint density at radius 3 is 2.78 bits per heavy atom. The van der Waals surface area contributed by atoms with Gasteiger partial charge < -0.3 is 14.5 Å². The predicted octanol–water partition coefficient (Wildman–Crippen LogP) is 1.72. The van der Waals surface area contributed by atoms with Gasteiger partial charge in [0.2, 0.25) is 5.91 Å². The van der Waals surface area contributed by atoms with Crippen LogP contribution in [0.4, 0.5) is 0 Å². The van der Waals surface area contributed by atoms with Crippen molar-refractivity contribution in [2.75, 3.05) is 19.7 Å². The molecule has 2 aliphatic heterocycles. The lowest BCUT2D eigenvalue weighted by atomic mass is 10.1. The van der Waals surface area contributed by atoms with Gasteiger partial charge in [-0.1, -0.05) is 41.9 Å². The number of benzene rings is 1. The largest absolute Gasteiger partial charge is 0.374 e. The van der Waals surface area contributed by atoms with E-state index in [1.54, 1.807) is 18.1 Å². The first-order valence-electron chi connectivity index (χ1n) is 8.96. The molecule has 2 aliphatic rings. The molecule has 0 bridgehead atoms. The normalized spacial score (nSPS) is 22.7. The number of hydrogen-bond acceptors (Lipinski definition) is 4. The number of rotatable bonds is 3. The number of carbonyl (C=O) groups excluding carboxylic acids is 2. The SMILES string of the molecule is Cn1cc(Cl)c(C(=O)N2C[C@@H]3OCCC(=O)N(Cc4ccccc4)[C@H]3C2)n1. The van der Waals surface area contributed by atoms with E-state index in [2.05, 4.69) is 5.10 Å². The highest BCUT2D eigenvalue weighted by atomic mass is 35.5. The molecule has 0 spiro atoms. The Bertz CT molecular complexity index is 854. The molecular weight excluding hydrogens is 368 g/mol. The Kier molecular flexibility index (Phi) is 4.88.